The van der Waals surface area contributed by atoms with E-state index < -0.39 is 0 Å². The molecule has 18 heavy (non-hydrogen) atoms. The highest BCUT2D eigenvalue weighted by atomic mass is 16.1. The number of carbonyl (C=O) groups is 1. The molecule has 0 radical (unpaired) electrons. The average molecular weight is 241 g/mol. The van der Waals surface area contributed by atoms with Crippen LogP contribution in [0.25, 0.3) is 5.69 Å². The van der Waals surface area contributed by atoms with Crippen molar-refractivity contribution in [3.8, 4) is 5.69 Å². The predicted molar refractivity (Wildman–Crippen MR) is 74.7 cm³/mol. The van der Waals surface area contributed by atoms with Gasteiger partial charge in [0.2, 0.25) is 0 Å². The van der Waals surface area contributed by atoms with E-state index in [9.17, 15) is 4.79 Å². The van der Waals surface area contributed by atoms with E-state index >= 15 is 0 Å². The van der Waals surface area contributed by atoms with E-state index in [1.54, 1.807) is 0 Å². The summed E-state index contributed by atoms with van der Waals surface area (Å²) in [6, 6.07) is 10.4. The predicted octanol–water partition coefficient (Wildman–Crippen LogP) is 4.03. The fraction of sp³-hybridized carbons (Fsp3) is 0.312. The number of carbonyl (C=O) groups excluding carboxylic acids is 1. The molecule has 0 fully saturated rings. The van der Waals surface area contributed by atoms with E-state index in [0.717, 1.165) is 28.9 Å². The second kappa shape index (κ2) is 4.81. The van der Waals surface area contributed by atoms with E-state index in [4.69, 9.17) is 0 Å². The lowest BCUT2D eigenvalue weighted by Gasteiger charge is -2.12. The zero-order valence-electron chi connectivity index (χ0n) is 11.4. The van der Waals surface area contributed by atoms with Crippen LogP contribution in [0.15, 0.2) is 30.3 Å². The quantitative estimate of drug-likeness (QED) is 0.744. The minimum Gasteiger partial charge on any atom is -0.318 e. The highest BCUT2D eigenvalue weighted by Gasteiger charge is 2.10. The summed E-state index contributed by atoms with van der Waals surface area (Å²) >= 11 is 0. The molecule has 1 aromatic carbocycles. The van der Waals surface area contributed by atoms with Gasteiger partial charge in [-0.3, -0.25) is 4.79 Å². The molecule has 0 atom stereocenters. The summed E-state index contributed by atoms with van der Waals surface area (Å²) in [6.45, 7) is 8.39. The van der Waals surface area contributed by atoms with E-state index in [1.165, 1.54) is 5.56 Å². The normalized spacial score (nSPS) is 10.9. The molecule has 0 saturated carbocycles. The molecule has 0 aliphatic heterocycles. The first kappa shape index (κ1) is 12.6. The number of rotatable bonds is 3. The molecule has 2 nitrogen and oxygen atoms in total. The van der Waals surface area contributed by atoms with Crippen LogP contribution in [0.2, 0.25) is 0 Å². The Morgan fingerprint density at radius 3 is 2.44 bits per heavy atom. The van der Waals surface area contributed by atoms with Gasteiger partial charge in [0, 0.05) is 22.6 Å². The maximum Gasteiger partial charge on any atom is 0.151 e. The topological polar surface area (TPSA) is 22.0 Å². The second-order valence-corrected chi connectivity index (χ2v) is 5.03. The molecule has 0 spiro atoms. The van der Waals surface area contributed by atoms with E-state index in [-0.39, 0.29) is 0 Å². The van der Waals surface area contributed by atoms with Crippen LogP contribution >= 0.6 is 0 Å². The fourth-order valence-corrected chi connectivity index (χ4v) is 2.33. The zero-order valence-corrected chi connectivity index (χ0v) is 11.4. The molecule has 0 saturated heterocycles. The Balaban J connectivity index is 2.58. The second-order valence-electron chi connectivity index (χ2n) is 5.03. The molecular formula is C16H19NO. The molecule has 0 bridgehead atoms. The third kappa shape index (κ3) is 2.10. The number of aryl methyl sites for hydroxylation is 1. The summed E-state index contributed by atoms with van der Waals surface area (Å²) in [5.41, 5.74) is 5.30. The van der Waals surface area contributed by atoms with Crippen molar-refractivity contribution in [2.24, 2.45) is 0 Å². The summed E-state index contributed by atoms with van der Waals surface area (Å²) < 4.78 is 2.13. The maximum atomic E-state index is 11.0. The first-order chi connectivity index (χ1) is 8.54. The molecule has 1 heterocycles. The van der Waals surface area contributed by atoms with Crippen molar-refractivity contribution in [1.29, 1.82) is 0 Å². The van der Waals surface area contributed by atoms with Gasteiger partial charge < -0.3 is 4.57 Å². The molecule has 0 aliphatic rings. The first-order valence-corrected chi connectivity index (χ1v) is 6.29. The number of aldehydes is 1. The molecule has 0 amide bonds. The van der Waals surface area contributed by atoms with Crippen molar-refractivity contribution >= 4 is 6.29 Å². The van der Waals surface area contributed by atoms with Gasteiger partial charge in [-0.1, -0.05) is 26.0 Å². The molecule has 0 aliphatic carbocycles. The van der Waals surface area contributed by atoms with Crippen LogP contribution in [0.5, 0.6) is 0 Å². The highest BCUT2D eigenvalue weighted by molar-refractivity contribution is 5.77. The third-order valence-corrected chi connectivity index (χ3v) is 3.39. The summed E-state index contributed by atoms with van der Waals surface area (Å²) in [5.74, 6) is 0.506. The average Bonchev–Trinajstić information content (AvgIpc) is 2.64. The monoisotopic (exact) mass is 241 g/mol. The molecule has 0 unspecified atom stereocenters. The summed E-state index contributed by atoms with van der Waals surface area (Å²) in [7, 11) is 0. The molecule has 2 aromatic rings. The van der Waals surface area contributed by atoms with Gasteiger partial charge in [0.25, 0.3) is 0 Å². The van der Waals surface area contributed by atoms with Crippen molar-refractivity contribution in [2.45, 2.75) is 33.6 Å². The number of hydrogen-bond donors (Lipinski definition) is 0. The molecule has 94 valence electrons. The molecule has 0 N–H and O–H groups in total. The largest absolute Gasteiger partial charge is 0.318 e. The number of benzene rings is 1. The van der Waals surface area contributed by atoms with Crippen LogP contribution in [-0.4, -0.2) is 10.9 Å². The van der Waals surface area contributed by atoms with Crippen LogP contribution in [-0.2, 0) is 0 Å². The molecular weight excluding hydrogens is 222 g/mol. The summed E-state index contributed by atoms with van der Waals surface area (Å²) in [6.07, 6.45) is 0.922. The van der Waals surface area contributed by atoms with Crippen LogP contribution in [0.3, 0.4) is 0 Å². The Labute approximate surface area is 108 Å². The van der Waals surface area contributed by atoms with E-state index in [2.05, 4.69) is 42.7 Å². The van der Waals surface area contributed by atoms with Gasteiger partial charge in [0.05, 0.1) is 0 Å². The number of aromatic nitrogens is 1. The molecule has 2 heteroatoms. The zero-order chi connectivity index (χ0) is 13.3. The van der Waals surface area contributed by atoms with Crippen molar-refractivity contribution in [2.75, 3.05) is 0 Å². The lowest BCUT2D eigenvalue weighted by atomic mass is 10.0. The van der Waals surface area contributed by atoms with Crippen LogP contribution in [0, 0.1) is 13.8 Å². The number of hydrogen-bond acceptors (Lipinski definition) is 1. The number of nitrogens with zero attached hydrogens (tertiary/aromatic N) is 1. The van der Waals surface area contributed by atoms with Gasteiger partial charge in [-0.15, -0.1) is 0 Å². The molecule has 1 aromatic heterocycles. The standard InChI is InChI=1S/C16H19NO/c1-11(2)14-6-5-7-16(9-14)17-12(3)8-15(10-18)13(17)4/h5-11H,1-4H3. The Kier molecular flexibility index (Phi) is 3.37. The fourth-order valence-electron chi connectivity index (χ4n) is 2.33. The summed E-state index contributed by atoms with van der Waals surface area (Å²) in [5, 5.41) is 0. The van der Waals surface area contributed by atoms with E-state index in [1.807, 2.05) is 19.9 Å². The summed E-state index contributed by atoms with van der Waals surface area (Å²) in [4.78, 5) is 11.0. The Morgan fingerprint density at radius 1 is 1.17 bits per heavy atom. The van der Waals surface area contributed by atoms with Gasteiger partial charge in [0.1, 0.15) is 0 Å². The highest BCUT2D eigenvalue weighted by Crippen LogP contribution is 2.23. The van der Waals surface area contributed by atoms with Crippen LogP contribution in [0.4, 0.5) is 0 Å². The lowest BCUT2D eigenvalue weighted by Crippen LogP contribution is -2.00. The first-order valence-electron chi connectivity index (χ1n) is 6.29. The van der Waals surface area contributed by atoms with Gasteiger partial charge in [-0.25, -0.2) is 0 Å². The molecule has 2 rings (SSSR count). The van der Waals surface area contributed by atoms with Crippen molar-refractivity contribution in [1.82, 2.24) is 4.57 Å². The van der Waals surface area contributed by atoms with Gasteiger partial charge in [0.15, 0.2) is 6.29 Å². The Hall–Kier alpha value is -1.83. The SMILES string of the molecule is Cc1cc(C=O)c(C)n1-c1cccc(C(C)C)c1. The Morgan fingerprint density at radius 2 is 1.89 bits per heavy atom. The lowest BCUT2D eigenvalue weighted by molar-refractivity contribution is 0.112. The minimum absolute atomic E-state index is 0.506. The van der Waals surface area contributed by atoms with Crippen LogP contribution < -0.4 is 0 Å². The Bertz CT molecular complexity index is 579. The maximum absolute atomic E-state index is 11.0. The third-order valence-electron chi connectivity index (χ3n) is 3.39. The van der Waals surface area contributed by atoms with Crippen molar-refractivity contribution < 1.29 is 4.79 Å². The van der Waals surface area contributed by atoms with Gasteiger partial charge in [-0.05, 0) is 43.5 Å². The smallest absolute Gasteiger partial charge is 0.151 e. The van der Waals surface area contributed by atoms with Crippen molar-refractivity contribution in [3.63, 3.8) is 0 Å². The van der Waals surface area contributed by atoms with E-state index in [0.29, 0.717) is 5.92 Å². The van der Waals surface area contributed by atoms with Gasteiger partial charge >= 0.3 is 0 Å². The minimum atomic E-state index is 0.506. The van der Waals surface area contributed by atoms with Gasteiger partial charge in [-0.2, -0.15) is 0 Å². The van der Waals surface area contributed by atoms with Crippen molar-refractivity contribution in [3.05, 3.63) is 52.8 Å². The van der Waals surface area contributed by atoms with Crippen LogP contribution in [0.1, 0.15) is 47.1 Å².